The van der Waals surface area contributed by atoms with E-state index < -0.39 is 11.8 Å². The number of nitrogens with zero attached hydrogens (tertiary/aromatic N) is 1. The Morgan fingerprint density at radius 2 is 1.68 bits per heavy atom. The van der Waals surface area contributed by atoms with E-state index >= 15 is 4.39 Å². The zero-order valence-corrected chi connectivity index (χ0v) is 23.9. The number of rotatable bonds is 5. The maximum absolute atomic E-state index is 15.3. The molecule has 0 aromatic heterocycles. The summed E-state index contributed by atoms with van der Waals surface area (Å²) in [6.45, 7) is 9.45. The quantitative estimate of drug-likeness (QED) is 0.430. The highest BCUT2D eigenvalue weighted by Gasteiger charge is 2.29. The minimum Gasteiger partial charge on any atom is -0.496 e. The molecule has 40 heavy (non-hydrogen) atoms. The molecular weight excluding hydrogens is 509 g/mol. The van der Waals surface area contributed by atoms with Crippen LogP contribution in [0.2, 0.25) is 0 Å². The van der Waals surface area contributed by atoms with Gasteiger partial charge in [0.15, 0.2) is 11.6 Å². The fourth-order valence-corrected chi connectivity index (χ4v) is 6.53. The van der Waals surface area contributed by atoms with Gasteiger partial charge in [0.2, 0.25) is 0 Å². The van der Waals surface area contributed by atoms with Crippen molar-refractivity contribution in [3.63, 3.8) is 0 Å². The third kappa shape index (κ3) is 4.82. The van der Waals surface area contributed by atoms with Crippen LogP contribution in [-0.4, -0.2) is 48.7 Å². The second-order valence-corrected chi connectivity index (χ2v) is 10.9. The third-order valence-corrected chi connectivity index (χ3v) is 8.63. The Labute approximate surface area is 234 Å². The molecular formula is C33H36FNO5. The van der Waals surface area contributed by atoms with Gasteiger partial charge in [-0.2, -0.15) is 0 Å². The molecule has 2 aliphatic rings. The molecule has 0 saturated heterocycles. The monoisotopic (exact) mass is 545 g/mol. The van der Waals surface area contributed by atoms with Crippen LogP contribution in [0.25, 0.3) is 11.1 Å². The predicted molar refractivity (Wildman–Crippen MR) is 152 cm³/mol. The van der Waals surface area contributed by atoms with Crippen molar-refractivity contribution in [1.82, 2.24) is 4.90 Å². The molecule has 1 N–H and O–H groups in total. The van der Waals surface area contributed by atoms with Crippen LogP contribution in [-0.2, 0) is 30.5 Å². The predicted octanol–water partition coefficient (Wildman–Crippen LogP) is 5.93. The Bertz CT molecular complexity index is 1530. The largest absolute Gasteiger partial charge is 0.496 e. The Balaban J connectivity index is 1.58. The molecule has 1 amide bonds. The molecule has 3 aromatic rings. The number of aliphatic carboxylic acids is 1. The first-order valence-corrected chi connectivity index (χ1v) is 13.9. The molecule has 0 unspecified atom stereocenters. The van der Waals surface area contributed by atoms with Gasteiger partial charge in [0.25, 0.3) is 5.91 Å². The summed E-state index contributed by atoms with van der Waals surface area (Å²) in [5, 5.41) is 9.87. The van der Waals surface area contributed by atoms with Gasteiger partial charge in [-0.3, -0.25) is 9.59 Å². The second-order valence-electron chi connectivity index (χ2n) is 10.9. The van der Waals surface area contributed by atoms with E-state index in [1.165, 1.54) is 6.07 Å². The number of amides is 1. The lowest BCUT2D eigenvalue weighted by atomic mass is 9.80. The van der Waals surface area contributed by atoms with Crippen molar-refractivity contribution in [1.29, 1.82) is 0 Å². The van der Waals surface area contributed by atoms with Crippen molar-refractivity contribution in [2.24, 2.45) is 0 Å². The molecule has 0 fully saturated rings. The van der Waals surface area contributed by atoms with Crippen molar-refractivity contribution in [3.8, 4) is 22.6 Å². The van der Waals surface area contributed by atoms with Crippen molar-refractivity contribution < 1.29 is 28.6 Å². The fraction of sp³-hybridized carbons (Fsp3) is 0.394. The van der Waals surface area contributed by atoms with Crippen LogP contribution < -0.4 is 9.47 Å². The molecule has 0 atom stereocenters. The highest BCUT2D eigenvalue weighted by atomic mass is 19.1. The van der Waals surface area contributed by atoms with Crippen molar-refractivity contribution in [2.75, 3.05) is 26.8 Å². The van der Waals surface area contributed by atoms with Gasteiger partial charge in [0.1, 0.15) is 5.75 Å². The number of fused-ring (bicyclic) bond motifs is 2. The van der Waals surface area contributed by atoms with Gasteiger partial charge in [-0.25, -0.2) is 4.39 Å². The minimum absolute atomic E-state index is 0.0348. The average Bonchev–Trinajstić information content (AvgIpc) is 3.17. The molecule has 5 rings (SSSR count). The molecule has 6 nitrogen and oxygen atoms in total. The van der Waals surface area contributed by atoms with E-state index in [4.69, 9.17) is 9.47 Å². The molecule has 0 saturated carbocycles. The normalized spacial score (nSPS) is 14.6. The summed E-state index contributed by atoms with van der Waals surface area (Å²) in [5.41, 5.74) is 9.66. The topological polar surface area (TPSA) is 76.1 Å². The van der Waals surface area contributed by atoms with Gasteiger partial charge in [0.05, 0.1) is 20.1 Å². The summed E-state index contributed by atoms with van der Waals surface area (Å²) >= 11 is 0. The van der Waals surface area contributed by atoms with Crippen LogP contribution in [0.15, 0.2) is 24.3 Å². The Kier molecular flexibility index (Phi) is 7.58. The van der Waals surface area contributed by atoms with E-state index in [-0.39, 0.29) is 12.3 Å². The summed E-state index contributed by atoms with van der Waals surface area (Å²) in [5.74, 6) is -0.310. The van der Waals surface area contributed by atoms with Crippen LogP contribution in [0, 0.1) is 33.5 Å². The number of carbonyl (C=O) groups is 2. The minimum atomic E-state index is -0.927. The van der Waals surface area contributed by atoms with Crippen LogP contribution in [0.3, 0.4) is 0 Å². The van der Waals surface area contributed by atoms with E-state index in [0.717, 1.165) is 68.7 Å². The van der Waals surface area contributed by atoms with Crippen molar-refractivity contribution >= 4 is 11.9 Å². The van der Waals surface area contributed by atoms with Gasteiger partial charge in [-0.05, 0) is 128 Å². The van der Waals surface area contributed by atoms with E-state index in [2.05, 4.69) is 0 Å². The molecule has 2 aliphatic heterocycles. The zero-order chi connectivity index (χ0) is 28.7. The number of hydrogen-bond donors (Lipinski definition) is 1. The number of carboxylic acid groups (broad SMARTS) is 1. The SMILES string of the molecule is COc1ccc(C(=O)N2CCc3c(C)c(CC(=O)O)c(-c4cc(F)c5c(c4C)CCCO5)c(C)c3CC2)cc1C. The molecule has 2 heterocycles. The number of carboxylic acids is 1. The summed E-state index contributed by atoms with van der Waals surface area (Å²) in [4.78, 5) is 27.4. The number of ether oxygens (including phenoxy) is 2. The van der Waals surface area contributed by atoms with Gasteiger partial charge in [-0.15, -0.1) is 0 Å². The summed E-state index contributed by atoms with van der Waals surface area (Å²) in [6, 6.07) is 6.98. The van der Waals surface area contributed by atoms with Gasteiger partial charge < -0.3 is 19.5 Å². The summed E-state index contributed by atoms with van der Waals surface area (Å²) in [7, 11) is 1.61. The number of hydrogen-bond acceptors (Lipinski definition) is 4. The average molecular weight is 546 g/mol. The van der Waals surface area contributed by atoms with Crippen molar-refractivity contribution in [3.05, 3.63) is 80.2 Å². The Morgan fingerprint density at radius 1 is 0.975 bits per heavy atom. The summed E-state index contributed by atoms with van der Waals surface area (Å²) < 4.78 is 26.3. The highest BCUT2D eigenvalue weighted by Crippen LogP contribution is 2.43. The van der Waals surface area contributed by atoms with Crippen molar-refractivity contribution in [2.45, 2.75) is 59.8 Å². The molecule has 3 aromatic carbocycles. The van der Waals surface area contributed by atoms with E-state index in [0.29, 0.717) is 49.4 Å². The Morgan fingerprint density at radius 3 is 2.33 bits per heavy atom. The molecule has 0 bridgehead atoms. The number of carbonyl (C=O) groups excluding carboxylic acids is 1. The van der Waals surface area contributed by atoms with E-state index in [9.17, 15) is 14.7 Å². The molecule has 7 heteroatoms. The first-order valence-electron chi connectivity index (χ1n) is 13.9. The summed E-state index contributed by atoms with van der Waals surface area (Å²) in [6.07, 6.45) is 2.65. The lowest BCUT2D eigenvalue weighted by Crippen LogP contribution is -2.33. The second kappa shape index (κ2) is 11.0. The van der Waals surface area contributed by atoms with Crippen LogP contribution in [0.4, 0.5) is 4.39 Å². The van der Waals surface area contributed by atoms with Crippen LogP contribution in [0.1, 0.15) is 61.3 Å². The molecule has 0 spiro atoms. The molecule has 0 aliphatic carbocycles. The van der Waals surface area contributed by atoms with E-state index in [1.54, 1.807) is 13.2 Å². The smallest absolute Gasteiger partial charge is 0.307 e. The number of methoxy groups -OCH3 is 1. The molecule has 210 valence electrons. The zero-order valence-electron chi connectivity index (χ0n) is 23.9. The maximum Gasteiger partial charge on any atom is 0.307 e. The standard InChI is InChI=1S/C33H36FNO5/c1-18-15-22(8-9-29(18)39-5)33(38)35-12-10-23-19(2)27(17-30(36)37)31(21(4)24(23)11-13-35)26-16-28(34)32-25(20(26)3)7-6-14-40-32/h8-9,15-16H,6-7,10-14,17H2,1-5H3,(H,36,37). The maximum atomic E-state index is 15.3. The van der Waals surface area contributed by atoms with Crippen LogP contribution in [0.5, 0.6) is 11.5 Å². The lowest BCUT2D eigenvalue weighted by Gasteiger charge is -2.26. The number of halogens is 1. The number of aryl methyl sites for hydroxylation is 1. The van der Waals surface area contributed by atoms with Gasteiger partial charge in [0, 0.05) is 24.2 Å². The third-order valence-electron chi connectivity index (χ3n) is 8.63. The van der Waals surface area contributed by atoms with E-state index in [1.807, 2.05) is 44.7 Å². The Hall–Kier alpha value is -3.87. The van der Waals surface area contributed by atoms with Gasteiger partial charge >= 0.3 is 5.97 Å². The first-order chi connectivity index (χ1) is 19.1. The van der Waals surface area contributed by atoms with Crippen LogP contribution >= 0.6 is 0 Å². The van der Waals surface area contributed by atoms with Gasteiger partial charge in [-0.1, -0.05) is 0 Å². The lowest BCUT2D eigenvalue weighted by molar-refractivity contribution is -0.136. The first kappa shape index (κ1) is 27.7. The fourth-order valence-electron chi connectivity index (χ4n) is 6.53. The highest BCUT2D eigenvalue weighted by molar-refractivity contribution is 5.95. The number of benzene rings is 3. The molecule has 0 radical (unpaired) electrons.